The highest BCUT2D eigenvalue weighted by molar-refractivity contribution is 5.76. The summed E-state index contributed by atoms with van der Waals surface area (Å²) in [5.41, 5.74) is 0. The molecule has 0 aliphatic carbocycles. The Bertz CT molecular complexity index is 1250. The standard InChI is InChI=1S/C71H135NO5/c1-3-5-7-9-11-13-15-17-19-21-23-24-25-28-31-35-39-43-47-51-55-59-63-69(74)68(67-73)72-70(75)64-60-56-52-48-44-40-36-32-29-26-27-30-34-38-42-46-50-54-58-62-66-77-71(76)65-61-57-53-49-45-41-37-33-22-20-18-16-14-12-10-8-6-4-2/h14,16,20,22,26,29,68-69,73-74H,3-13,15,17-19,21,23-25,27-28,30-67H2,1-2H3,(H,72,75)/b16-14-,22-20-,29-26-. The molecule has 6 heteroatoms. The third kappa shape index (κ3) is 63.1. The van der Waals surface area contributed by atoms with E-state index < -0.39 is 12.1 Å². The Kier molecular flexibility index (Phi) is 64.9. The van der Waals surface area contributed by atoms with Crippen LogP contribution in [0.2, 0.25) is 0 Å². The minimum Gasteiger partial charge on any atom is -0.466 e. The molecule has 0 aromatic carbocycles. The van der Waals surface area contributed by atoms with E-state index in [0.29, 0.717) is 25.9 Å². The maximum atomic E-state index is 12.5. The number of hydrogen-bond donors (Lipinski definition) is 3. The number of unbranched alkanes of at least 4 members (excludes halogenated alkanes) is 48. The van der Waals surface area contributed by atoms with Crippen molar-refractivity contribution >= 4 is 11.9 Å². The normalized spacial score (nSPS) is 12.7. The third-order valence-electron chi connectivity index (χ3n) is 16.2. The molecule has 0 bridgehead atoms. The van der Waals surface area contributed by atoms with Gasteiger partial charge in [0.25, 0.3) is 0 Å². The lowest BCUT2D eigenvalue weighted by Gasteiger charge is -2.22. The Hall–Kier alpha value is -1.92. The molecule has 454 valence electrons. The summed E-state index contributed by atoms with van der Waals surface area (Å²) in [7, 11) is 0. The Labute approximate surface area is 481 Å². The number of rotatable bonds is 65. The molecule has 77 heavy (non-hydrogen) atoms. The smallest absolute Gasteiger partial charge is 0.305 e. The summed E-state index contributed by atoms with van der Waals surface area (Å²) in [6, 6.07) is -0.550. The number of nitrogens with one attached hydrogen (secondary N) is 1. The van der Waals surface area contributed by atoms with Gasteiger partial charge in [0.2, 0.25) is 5.91 Å². The zero-order valence-corrected chi connectivity index (χ0v) is 52.0. The summed E-state index contributed by atoms with van der Waals surface area (Å²) in [6.07, 6.45) is 84.6. The van der Waals surface area contributed by atoms with Crippen molar-refractivity contribution in [1.29, 1.82) is 0 Å². The number of aliphatic hydroxyl groups excluding tert-OH is 2. The molecule has 0 saturated heterocycles. The van der Waals surface area contributed by atoms with Crippen molar-refractivity contribution in [2.45, 2.75) is 392 Å². The zero-order valence-electron chi connectivity index (χ0n) is 52.0. The van der Waals surface area contributed by atoms with Crippen molar-refractivity contribution in [3.8, 4) is 0 Å². The van der Waals surface area contributed by atoms with E-state index in [2.05, 4.69) is 55.6 Å². The zero-order chi connectivity index (χ0) is 55.7. The average Bonchev–Trinajstić information content (AvgIpc) is 3.43. The quantitative estimate of drug-likeness (QED) is 0.0320. The van der Waals surface area contributed by atoms with E-state index in [1.54, 1.807) is 0 Å². The van der Waals surface area contributed by atoms with E-state index in [1.165, 1.54) is 295 Å². The first-order valence-electron chi connectivity index (χ1n) is 34.7. The molecule has 0 aliphatic heterocycles. The Balaban J connectivity index is 3.43. The number of esters is 1. The fourth-order valence-corrected chi connectivity index (χ4v) is 10.8. The fraction of sp³-hybridized carbons (Fsp3) is 0.887. The largest absolute Gasteiger partial charge is 0.466 e. The maximum absolute atomic E-state index is 12.5. The van der Waals surface area contributed by atoms with Gasteiger partial charge < -0.3 is 20.3 Å². The van der Waals surface area contributed by atoms with Crippen LogP contribution in [0, 0.1) is 0 Å². The van der Waals surface area contributed by atoms with Crippen LogP contribution < -0.4 is 5.32 Å². The summed E-state index contributed by atoms with van der Waals surface area (Å²) >= 11 is 0. The monoisotopic (exact) mass is 1080 g/mol. The molecule has 0 fully saturated rings. The molecule has 3 N–H and O–H groups in total. The van der Waals surface area contributed by atoms with Crippen LogP contribution in [0.25, 0.3) is 0 Å². The number of carbonyl (C=O) groups is 2. The molecule has 0 heterocycles. The molecule has 0 saturated carbocycles. The highest BCUT2D eigenvalue weighted by Crippen LogP contribution is 2.18. The molecule has 0 rings (SSSR count). The van der Waals surface area contributed by atoms with E-state index in [1.807, 2.05) is 0 Å². The van der Waals surface area contributed by atoms with Gasteiger partial charge in [-0.2, -0.15) is 0 Å². The minimum atomic E-state index is -0.672. The number of carbonyl (C=O) groups excluding carboxylic acids is 2. The molecule has 2 unspecified atom stereocenters. The average molecular weight is 1080 g/mol. The van der Waals surface area contributed by atoms with E-state index in [9.17, 15) is 19.8 Å². The van der Waals surface area contributed by atoms with Crippen molar-refractivity contribution in [1.82, 2.24) is 5.32 Å². The fourth-order valence-electron chi connectivity index (χ4n) is 10.8. The number of hydrogen-bond acceptors (Lipinski definition) is 5. The molecule has 2 atom stereocenters. The molecule has 0 aromatic heterocycles. The number of allylic oxidation sites excluding steroid dienone is 6. The number of amides is 1. The van der Waals surface area contributed by atoms with Gasteiger partial charge in [-0.15, -0.1) is 0 Å². The van der Waals surface area contributed by atoms with Crippen molar-refractivity contribution in [3.63, 3.8) is 0 Å². The van der Waals surface area contributed by atoms with Crippen molar-refractivity contribution in [2.24, 2.45) is 0 Å². The third-order valence-corrected chi connectivity index (χ3v) is 16.2. The highest BCUT2D eigenvalue weighted by Gasteiger charge is 2.20. The summed E-state index contributed by atoms with van der Waals surface area (Å²) in [6.45, 7) is 4.95. The first-order valence-corrected chi connectivity index (χ1v) is 34.7. The van der Waals surface area contributed by atoms with E-state index in [0.717, 1.165) is 51.4 Å². The van der Waals surface area contributed by atoms with Crippen molar-refractivity contribution in [3.05, 3.63) is 36.5 Å². The highest BCUT2D eigenvalue weighted by atomic mass is 16.5. The number of aliphatic hydroxyl groups is 2. The van der Waals surface area contributed by atoms with Gasteiger partial charge in [0, 0.05) is 12.8 Å². The second-order valence-electron chi connectivity index (χ2n) is 23.9. The van der Waals surface area contributed by atoms with Gasteiger partial charge in [0.05, 0.1) is 25.4 Å². The topological polar surface area (TPSA) is 95.9 Å². The summed E-state index contributed by atoms with van der Waals surface area (Å²) in [5.74, 6) is -0.0405. The predicted octanol–water partition coefficient (Wildman–Crippen LogP) is 22.3. The Morgan fingerprint density at radius 3 is 1.01 bits per heavy atom. The first kappa shape index (κ1) is 75.1. The lowest BCUT2D eigenvalue weighted by Crippen LogP contribution is -2.45. The van der Waals surface area contributed by atoms with Gasteiger partial charge in [0.1, 0.15) is 0 Å². The van der Waals surface area contributed by atoms with Gasteiger partial charge in [-0.05, 0) is 83.5 Å². The molecule has 6 nitrogen and oxygen atoms in total. The van der Waals surface area contributed by atoms with Gasteiger partial charge in [0.15, 0.2) is 0 Å². The minimum absolute atomic E-state index is 0.000370. The van der Waals surface area contributed by atoms with Gasteiger partial charge in [-0.3, -0.25) is 9.59 Å². The van der Waals surface area contributed by atoms with Crippen LogP contribution in [0.15, 0.2) is 36.5 Å². The first-order chi connectivity index (χ1) is 38.0. The van der Waals surface area contributed by atoms with Crippen LogP contribution in [-0.2, 0) is 14.3 Å². The maximum Gasteiger partial charge on any atom is 0.305 e. The second-order valence-corrected chi connectivity index (χ2v) is 23.9. The molecule has 1 amide bonds. The van der Waals surface area contributed by atoms with E-state index in [-0.39, 0.29) is 18.5 Å². The molecule has 0 aliphatic rings. The Morgan fingerprint density at radius 1 is 0.364 bits per heavy atom. The second kappa shape index (κ2) is 66.6. The van der Waals surface area contributed by atoms with Crippen LogP contribution in [0.3, 0.4) is 0 Å². The van der Waals surface area contributed by atoms with Crippen molar-refractivity contribution < 1.29 is 24.5 Å². The lowest BCUT2D eigenvalue weighted by molar-refractivity contribution is -0.143. The SMILES string of the molecule is CCCCCC/C=C\C/C=C\CCCCCCCCCC(=O)OCCCCCCCCCCC/C=C\CCCCCCCCCC(=O)NC(CO)C(O)CCCCCCCCCCCCCCCCCCCCCCCC. The summed E-state index contributed by atoms with van der Waals surface area (Å²) in [5, 5.41) is 23.4. The van der Waals surface area contributed by atoms with E-state index in [4.69, 9.17) is 4.74 Å². The van der Waals surface area contributed by atoms with Crippen LogP contribution >= 0.6 is 0 Å². The van der Waals surface area contributed by atoms with Gasteiger partial charge in [-0.1, -0.05) is 320 Å². The number of ether oxygens (including phenoxy) is 1. The van der Waals surface area contributed by atoms with Crippen LogP contribution in [0.1, 0.15) is 380 Å². The van der Waals surface area contributed by atoms with E-state index >= 15 is 0 Å². The molecule has 0 spiro atoms. The predicted molar refractivity (Wildman–Crippen MR) is 338 cm³/mol. The van der Waals surface area contributed by atoms with Crippen LogP contribution in [0.5, 0.6) is 0 Å². The molecule has 0 aromatic rings. The summed E-state index contributed by atoms with van der Waals surface area (Å²) < 4.78 is 5.49. The van der Waals surface area contributed by atoms with Crippen molar-refractivity contribution in [2.75, 3.05) is 13.2 Å². The molecule has 0 radical (unpaired) electrons. The van der Waals surface area contributed by atoms with Crippen LogP contribution in [0.4, 0.5) is 0 Å². The lowest BCUT2D eigenvalue weighted by atomic mass is 10.0. The Morgan fingerprint density at radius 2 is 0.649 bits per heavy atom. The molecular weight excluding hydrogens is 947 g/mol. The summed E-state index contributed by atoms with van der Waals surface area (Å²) in [4.78, 5) is 24.6. The van der Waals surface area contributed by atoms with Gasteiger partial charge in [-0.25, -0.2) is 0 Å². The van der Waals surface area contributed by atoms with Crippen LogP contribution in [-0.4, -0.2) is 47.4 Å². The molecular formula is C71H135NO5. The van der Waals surface area contributed by atoms with Gasteiger partial charge >= 0.3 is 5.97 Å².